The van der Waals surface area contributed by atoms with E-state index in [9.17, 15) is 4.79 Å². The first-order chi connectivity index (χ1) is 5.58. The third-order valence-electron chi connectivity index (χ3n) is 2.74. The Morgan fingerprint density at radius 3 is 2.42 bits per heavy atom. The second-order valence-electron chi connectivity index (χ2n) is 3.80. The van der Waals surface area contributed by atoms with Crippen LogP contribution in [-0.4, -0.2) is 13.1 Å². The fourth-order valence-electron chi connectivity index (χ4n) is 1.61. The van der Waals surface area contributed by atoms with E-state index >= 15 is 0 Å². The van der Waals surface area contributed by atoms with Gasteiger partial charge in [-0.2, -0.15) is 0 Å². The Bertz CT molecular complexity index is 196. The average molecular weight is 168 g/mol. The monoisotopic (exact) mass is 168 g/mol. The predicted octanol–water partition coefficient (Wildman–Crippen LogP) is 2.30. The maximum atomic E-state index is 11.3. The zero-order valence-corrected chi connectivity index (χ0v) is 7.85. The van der Waals surface area contributed by atoms with E-state index in [1.165, 1.54) is 12.7 Å². The molecule has 0 bridgehead atoms. The Balaban J connectivity index is 2.61. The lowest BCUT2D eigenvalue weighted by molar-refractivity contribution is -0.153. The van der Waals surface area contributed by atoms with Gasteiger partial charge in [-0.05, 0) is 32.6 Å². The van der Waals surface area contributed by atoms with E-state index in [0.717, 1.165) is 25.7 Å². The molecule has 1 aliphatic rings. The fourth-order valence-corrected chi connectivity index (χ4v) is 1.61. The molecule has 0 unspecified atom stereocenters. The van der Waals surface area contributed by atoms with Gasteiger partial charge in [0.15, 0.2) is 0 Å². The van der Waals surface area contributed by atoms with Crippen molar-refractivity contribution in [3.8, 4) is 0 Å². The van der Waals surface area contributed by atoms with E-state index in [-0.39, 0.29) is 11.4 Å². The second-order valence-corrected chi connectivity index (χ2v) is 3.80. The van der Waals surface area contributed by atoms with Crippen LogP contribution in [0.4, 0.5) is 0 Å². The van der Waals surface area contributed by atoms with E-state index in [4.69, 9.17) is 4.74 Å². The molecule has 0 amide bonds. The number of carbonyl (C=O) groups excluding carboxylic acids is 1. The summed E-state index contributed by atoms with van der Waals surface area (Å²) in [6.07, 6.45) is 3.70. The molecule has 0 aromatic heterocycles. The van der Waals surface area contributed by atoms with Crippen molar-refractivity contribution < 1.29 is 9.53 Å². The molecular weight excluding hydrogens is 152 g/mol. The molecule has 1 fully saturated rings. The molecule has 2 nitrogen and oxygen atoms in total. The zero-order chi connectivity index (χ0) is 9.19. The lowest BCUT2D eigenvalue weighted by Crippen LogP contribution is -2.31. The highest BCUT2D eigenvalue weighted by atomic mass is 16.5. The Morgan fingerprint density at radius 1 is 1.50 bits per heavy atom. The van der Waals surface area contributed by atoms with Crippen molar-refractivity contribution in [2.75, 3.05) is 7.11 Å². The van der Waals surface area contributed by atoms with Gasteiger partial charge in [0.2, 0.25) is 0 Å². The first-order valence-electron chi connectivity index (χ1n) is 4.33. The molecule has 0 N–H and O–H groups in total. The van der Waals surface area contributed by atoms with E-state index in [2.05, 4.69) is 6.58 Å². The van der Waals surface area contributed by atoms with E-state index < -0.39 is 0 Å². The summed E-state index contributed by atoms with van der Waals surface area (Å²) in [5.41, 5.74) is 1.01. The van der Waals surface area contributed by atoms with Gasteiger partial charge in [0.25, 0.3) is 0 Å². The maximum Gasteiger partial charge on any atom is 0.311 e. The van der Waals surface area contributed by atoms with Crippen LogP contribution >= 0.6 is 0 Å². The first-order valence-corrected chi connectivity index (χ1v) is 4.33. The van der Waals surface area contributed by atoms with Crippen LogP contribution < -0.4 is 0 Å². The quantitative estimate of drug-likeness (QED) is 0.443. The largest absolute Gasteiger partial charge is 0.469 e. The molecule has 1 rings (SSSR count). The van der Waals surface area contributed by atoms with Gasteiger partial charge in [0.05, 0.1) is 12.5 Å². The van der Waals surface area contributed by atoms with Crippen LogP contribution in [-0.2, 0) is 9.53 Å². The third kappa shape index (κ3) is 1.68. The van der Waals surface area contributed by atoms with Crippen molar-refractivity contribution in [3.63, 3.8) is 0 Å². The van der Waals surface area contributed by atoms with Gasteiger partial charge >= 0.3 is 5.97 Å². The average Bonchev–Trinajstić information content (AvgIpc) is 2.09. The molecule has 0 saturated heterocycles. The van der Waals surface area contributed by atoms with Gasteiger partial charge in [0.1, 0.15) is 0 Å². The number of hydrogen-bond acceptors (Lipinski definition) is 2. The molecule has 0 aromatic rings. The van der Waals surface area contributed by atoms with E-state index in [1.54, 1.807) is 0 Å². The summed E-state index contributed by atoms with van der Waals surface area (Å²) in [7, 11) is 1.46. The molecule has 0 radical (unpaired) electrons. The number of esters is 1. The summed E-state index contributed by atoms with van der Waals surface area (Å²) < 4.78 is 4.76. The Labute approximate surface area is 73.6 Å². The molecule has 68 valence electrons. The van der Waals surface area contributed by atoms with Gasteiger partial charge in [-0.1, -0.05) is 12.2 Å². The van der Waals surface area contributed by atoms with Crippen LogP contribution in [0.5, 0.6) is 0 Å². The van der Waals surface area contributed by atoms with Gasteiger partial charge in [-0.3, -0.25) is 4.79 Å². The summed E-state index contributed by atoms with van der Waals surface area (Å²) >= 11 is 0. The van der Waals surface area contributed by atoms with Gasteiger partial charge < -0.3 is 4.74 Å². The van der Waals surface area contributed by atoms with Crippen molar-refractivity contribution in [2.45, 2.75) is 32.6 Å². The van der Waals surface area contributed by atoms with Gasteiger partial charge in [-0.15, -0.1) is 0 Å². The lowest BCUT2D eigenvalue weighted by atomic mass is 9.74. The van der Waals surface area contributed by atoms with Crippen molar-refractivity contribution in [1.29, 1.82) is 0 Å². The van der Waals surface area contributed by atoms with Crippen LogP contribution in [0.3, 0.4) is 0 Å². The Morgan fingerprint density at radius 2 is 2.00 bits per heavy atom. The molecule has 1 aliphatic carbocycles. The number of hydrogen-bond donors (Lipinski definition) is 0. The lowest BCUT2D eigenvalue weighted by Gasteiger charge is -2.31. The van der Waals surface area contributed by atoms with Crippen LogP contribution in [0.1, 0.15) is 32.6 Å². The fraction of sp³-hybridized carbons (Fsp3) is 0.700. The Kier molecular flexibility index (Phi) is 2.55. The smallest absolute Gasteiger partial charge is 0.311 e. The van der Waals surface area contributed by atoms with Crippen LogP contribution in [0, 0.1) is 5.41 Å². The molecule has 0 heterocycles. The second kappa shape index (κ2) is 3.30. The highest BCUT2D eigenvalue weighted by molar-refractivity contribution is 5.76. The van der Waals surface area contributed by atoms with Crippen LogP contribution in [0.25, 0.3) is 0 Å². The van der Waals surface area contributed by atoms with Crippen LogP contribution in [0.15, 0.2) is 12.2 Å². The van der Waals surface area contributed by atoms with E-state index in [1.807, 2.05) is 6.92 Å². The highest BCUT2D eigenvalue weighted by Gasteiger charge is 2.36. The highest BCUT2D eigenvalue weighted by Crippen LogP contribution is 2.38. The standard InChI is InChI=1S/C10H16O2/c1-8-4-6-10(2,7-5-8)9(11)12-3/h1,4-7H2,2-3H3. The number of allylic oxidation sites excluding steroid dienone is 1. The number of rotatable bonds is 1. The molecule has 1 saturated carbocycles. The molecule has 12 heavy (non-hydrogen) atoms. The molecule has 0 atom stereocenters. The SMILES string of the molecule is C=C1CCC(C)(C(=O)OC)CC1. The van der Waals surface area contributed by atoms with Crippen LogP contribution in [0.2, 0.25) is 0 Å². The molecule has 0 spiro atoms. The van der Waals surface area contributed by atoms with Crippen molar-refractivity contribution in [3.05, 3.63) is 12.2 Å². The van der Waals surface area contributed by atoms with Crippen molar-refractivity contribution in [1.82, 2.24) is 0 Å². The normalized spacial score (nSPS) is 22.0. The number of methoxy groups -OCH3 is 1. The summed E-state index contributed by atoms with van der Waals surface area (Å²) in [6, 6.07) is 0. The third-order valence-corrected chi connectivity index (χ3v) is 2.74. The maximum absolute atomic E-state index is 11.3. The molecule has 0 aliphatic heterocycles. The molecular formula is C10H16O2. The topological polar surface area (TPSA) is 26.3 Å². The van der Waals surface area contributed by atoms with Gasteiger partial charge in [0, 0.05) is 0 Å². The minimum Gasteiger partial charge on any atom is -0.469 e. The molecule has 0 aromatic carbocycles. The predicted molar refractivity (Wildman–Crippen MR) is 47.7 cm³/mol. The van der Waals surface area contributed by atoms with Crippen molar-refractivity contribution in [2.24, 2.45) is 5.41 Å². The number of ether oxygens (including phenoxy) is 1. The summed E-state index contributed by atoms with van der Waals surface area (Å²) in [5, 5.41) is 0. The first kappa shape index (κ1) is 9.30. The molecule has 2 heteroatoms. The minimum absolute atomic E-state index is 0.0741. The van der Waals surface area contributed by atoms with Crippen molar-refractivity contribution >= 4 is 5.97 Å². The minimum atomic E-state index is -0.254. The summed E-state index contributed by atoms with van der Waals surface area (Å²) in [5.74, 6) is -0.0741. The zero-order valence-electron chi connectivity index (χ0n) is 7.85. The summed E-state index contributed by atoms with van der Waals surface area (Å²) in [6.45, 7) is 5.89. The Hall–Kier alpha value is -0.790. The van der Waals surface area contributed by atoms with Gasteiger partial charge in [-0.25, -0.2) is 0 Å². The number of carbonyl (C=O) groups is 1. The summed E-state index contributed by atoms with van der Waals surface area (Å²) in [4.78, 5) is 11.3. The van der Waals surface area contributed by atoms with E-state index in [0.29, 0.717) is 0 Å².